The topological polar surface area (TPSA) is 46.5 Å². The maximum absolute atomic E-state index is 12.3. The van der Waals surface area contributed by atoms with Crippen LogP contribution in [0.3, 0.4) is 0 Å². The third-order valence-electron chi connectivity index (χ3n) is 4.99. The van der Waals surface area contributed by atoms with Gasteiger partial charge >= 0.3 is 0 Å². The van der Waals surface area contributed by atoms with Crippen LogP contribution in [0.25, 0.3) is 0 Å². The van der Waals surface area contributed by atoms with Crippen molar-refractivity contribution in [3.05, 3.63) is 35.9 Å². The Kier molecular flexibility index (Phi) is 6.36. The number of Topliss-reactive ketones (excluding diaryl/α,β-unsaturated/α-hetero) is 1. The predicted octanol–water partition coefficient (Wildman–Crippen LogP) is 4.67. The van der Waals surface area contributed by atoms with Gasteiger partial charge in [0, 0.05) is 24.0 Å². The number of aliphatic hydroxyl groups is 1. The molecule has 0 spiro atoms. The molecule has 0 radical (unpaired) electrons. The summed E-state index contributed by atoms with van der Waals surface area (Å²) in [7, 11) is -1.86. The van der Waals surface area contributed by atoms with E-state index in [1.54, 1.807) is 12.1 Å². The van der Waals surface area contributed by atoms with Crippen molar-refractivity contribution in [2.45, 2.75) is 65.3 Å². The molecule has 0 heterocycles. The third kappa shape index (κ3) is 5.55. The summed E-state index contributed by atoms with van der Waals surface area (Å²) >= 11 is 0. The molecule has 0 amide bonds. The van der Waals surface area contributed by atoms with Crippen molar-refractivity contribution < 1.29 is 14.3 Å². The first-order valence-corrected chi connectivity index (χ1v) is 11.2. The van der Waals surface area contributed by atoms with Gasteiger partial charge in [0.25, 0.3) is 0 Å². The molecule has 1 rings (SSSR count). The highest BCUT2D eigenvalue weighted by molar-refractivity contribution is 6.74. The molecule has 0 saturated heterocycles. The van der Waals surface area contributed by atoms with Crippen molar-refractivity contribution in [2.75, 3.05) is 6.61 Å². The van der Waals surface area contributed by atoms with Crippen LogP contribution in [0.15, 0.2) is 30.3 Å². The zero-order valence-electron chi connectivity index (χ0n) is 15.6. The summed E-state index contributed by atoms with van der Waals surface area (Å²) in [5.74, 6) is -0.0292. The number of carbonyl (C=O) groups is 1. The van der Waals surface area contributed by atoms with E-state index in [0.29, 0.717) is 12.2 Å². The summed E-state index contributed by atoms with van der Waals surface area (Å²) in [6, 6.07) is 9.13. The maximum atomic E-state index is 12.3. The molecule has 3 nitrogen and oxygen atoms in total. The molecular formula is C19H32O3Si. The monoisotopic (exact) mass is 336 g/mol. The Morgan fingerprint density at radius 1 is 1.13 bits per heavy atom. The highest BCUT2D eigenvalue weighted by Crippen LogP contribution is 2.38. The molecule has 0 bridgehead atoms. The van der Waals surface area contributed by atoms with E-state index >= 15 is 0 Å². The highest BCUT2D eigenvalue weighted by Gasteiger charge is 2.40. The van der Waals surface area contributed by atoms with Crippen molar-refractivity contribution in [1.82, 2.24) is 0 Å². The lowest BCUT2D eigenvalue weighted by molar-refractivity contribution is 0.00857. The first-order chi connectivity index (χ1) is 10.4. The van der Waals surface area contributed by atoms with Crippen LogP contribution in [0, 0.1) is 5.41 Å². The van der Waals surface area contributed by atoms with E-state index in [2.05, 4.69) is 33.9 Å². The Morgan fingerprint density at radius 2 is 1.65 bits per heavy atom. The van der Waals surface area contributed by atoms with Crippen molar-refractivity contribution in [2.24, 2.45) is 5.41 Å². The molecule has 130 valence electrons. The van der Waals surface area contributed by atoms with Crippen molar-refractivity contribution in [3.8, 4) is 0 Å². The van der Waals surface area contributed by atoms with Gasteiger partial charge in [-0.15, -0.1) is 0 Å². The molecular weight excluding hydrogens is 304 g/mol. The Bertz CT molecular complexity index is 515. The Hall–Kier alpha value is -0.973. The SMILES string of the molecule is CC(C)(CO[Si](C)(C)C(C)(C)C)[C@H](O)CC(=O)c1ccccc1. The Balaban J connectivity index is 2.67. The molecule has 1 atom stereocenters. The molecule has 0 fully saturated rings. The fourth-order valence-electron chi connectivity index (χ4n) is 1.87. The molecule has 0 aliphatic heterocycles. The van der Waals surface area contributed by atoms with Crippen molar-refractivity contribution in [3.63, 3.8) is 0 Å². The molecule has 1 aromatic rings. The Morgan fingerprint density at radius 3 is 2.13 bits per heavy atom. The minimum absolute atomic E-state index is 0.0292. The fourth-order valence-corrected chi connectivity index (χ4v) is 3.04. The van der Waals surface area contributed by atoms with Crippen LogP contribution >= 0.6 is 0 Å². The van der Waals surface area contributed by atoms with Crippen LogP contribution in [-0.2, 0) is 4.43 Å². The van der Waals surface area contributed by atoms with Crippen LogP contribution in [0.2, 0.25) is 18.1 Å². The lowest BCUT2D eigenvalue weighted by Crippen LogP contribution is -2.45. The van der Waals surface area contributed by atoms with E-state index in [9.17, 15) is 9.90 Å². The summed E-state index contributed by atoms with van der Waals surface area (Å²) in [4.78, 5) is 12.3. The van der Waals surface area contributed by atoms with Gasteiger partial charge in [-0.2, -0.15) is 0 Å². The van der Waals surface area contributed by atoms with Gasteiger partial charge in [-0.05, 0) is 18.1 Å². The number of hydrogen-bond donors (Lipinski definition) is 1. The van der Waals surface area contributed by atoms with Crippen LogP contribution in [-0.4, -0.2) is 31.9 Å². The number of ketones is 1. The second-order valence-corrected chi connectivity index (χ2v) is 13.4. The van der Waals surface area contributed by atoms with Gasteiger partial charge < -0.3 is 9.53 Å². The van der Waals surface area contributed by atoms with Gasteiger partial charge in [0.15, 0.2) is 14.1 Å². The number of benzene rings is 1. The van der Waals surface area contributed by atoms with E-state index < -0.39 is 19.8 Å². The van der Waals surface area contributed by atoms with E-state index in [1.807, 2.05) is 32.0 Å². The molecule has 4 heteroatoms. The van der Waals surface area contributed by atoms with Crippen LogP contribution in [0.5, 0.6) is 0 Å². The largest absolute Gasteiger partial charge is 0.416 e. The smallest absolute Gasteiger partial charge is 0.192 e. The predicted molar refractivity (Wildman–Crippen MR) is 98.3 cm³/mol. The Labute approximate surface area is 142 Å². The van der Waals surface area contributed by atoms with Gasteiger partial charge in [0.05, 0.1) is 6.10 Å². The van der Waals surface area contributed by atoms with E-state index in [0.717, 1.165) is 0 Å². The summed E-state index contributed by atoms with van der Waals surface area (Å²) in [6.07, 6.45) is -0.599. The molecule has 1 N–H and O–H groups in total. The summed E-state index contributed by atoms with van der Waals surface area (Å²) in [6.45, 7) is 15.4. The zero-order valence-corrected chi connectivity index (χ0v) is 16.6. The minimum Gasteiger partial charge on any atom is -0.416 e. The first kappa shape index (κ1) is 20.1. The number of carbonyl (C=O) groups excluding carboxylic acids is 1. The quantitative estimate of drug-likeness (QED) is 0.581. The van der Waals surface area contributed by atoms with E-state index in [4.69, 9.17) is 4.43 Å². The lowest BCUT2D eigenvalue weighted by atomic mass is 9.84. The van der Waals surface area contributed by atoms with Crippen molar-refractivity contribution in [1.29, 1.82) is 0 Å². The number of rotatable bonds is 7. The summed E-state index contributed by atoms with van der Waals surface area (Å²) in [5.41, 5.74) is 0.188. The second-order valence-electron chi connectivity index (χ2n) is 8.55. The zero-order chi connectivity index (χ0) is 17.9. The molecule has 0 aliphatic carbocycles. The van der Waals surface area contributed by atoms with Crippen LogP contribution in [0.1, 0.15) is 51.4 Å². The van der Waals surface area contributed by atoms with Gasteiger partial charge in [0.2, 0.25) is 0 Å². The summed E-state index contributed by atoms with van der Waals surface area (Å²) < 4.78 is 6.23. The fraction of sp³-hybridized carbons (Fsp3) is 0.632. The molecule has 0 saturated carbocycles. The first-order valence-electron chi connectivity index (χ1n) is 8.27. The molecule has 0 aromatic heterocycles. The van der Waals surface area contributed by atoms with Crippen LogP contribution in [0.4, 0.5) is 0 Å². The maximum Gasteiger partial charge on any atom is 0.192 e. The van der Waals surface area contributed by atoms with Crippen LogP contribution < -0.4 is 0 Å². The number of hydrogen-bond acceptors (Lipinski definition) is 3. The van der Waals surface area contributed by atoms with Gasteiger partial charge in [0.1, 0.15) is 0 Å². The normalized spacial score (nSPS) is 14.6. The average molecular weight is 337 g/mol. The van der Waals surface area contributed by atoms with Gasteiger partial charge in [-0.25, -0.2) is 0 Å². The third-order valence-corrected chi connectivity index (χ3v) is 9.47. The number of aliphatic hydroxyl groups excluding tert-OH is 1. The van der Waals surface area contributed by atoms with Gasteiger partial charge in [-0.3, -0.25) is 4.79 Å². The summed E-state index contributed by atoms with van der Waals surface area (Å²) in [5, 5.41) is 10.7. The lowest BCUT2D eigenvalue weighted by Gasteiger charge is -2.40. The molecule has 1 aromatic carbocycles. The van der Waals surface area contributed by atoms with Gasteiger partial charge in [-0.1, -0.05) is 65.0 Å². The second kappa shape index (κ2) is 7.28. The highest BCUT2D eigenvalue weighted by atomic mass is 28.4. The van der Waals surface area contributed by atoms with E-state index in [-0.39, 0.29) is 17.2 Å². The molecule has 23 heavy (non-hydrogen) atoms. The van der Waals surface area contributed by atoms with Crippen molar-refractivity contribution >= 4 is 14.1 Å². The molecule has 0 aliphatic rings. The minimum atomic E-state index is -1.86. The average Bonchev–Trinajstić information content (AvgIpc) is 2.45. The van der Waals surface area contributed by atoms with E-state index in [1.165, 1.54) is 0 Å². The molecule has 0 unspecified atom stereocenters. The standard InChI is InChI=1S/C19H32O3Si/c1-18(2,3)23(6,7)22-14-19(4,5)17(21)13-16(20)15-11-9-8-10-12-15/h8-12,17,21H,13-14H2,1-7H3/t17-/m1/s1.